The highest BCUT2D eigenvalue weighted by atomic mass is 79.9. The Balaban J connectivity index is 2.62. The predicted molar refractivity (Wildman–Crippen MR) is 68.7 cm³/mol. The molecule has 88 valence electrons. The maximum absolute atomic E-state index is 11.5. The Morgan fingerprint density at radius 3 is 2.44 bits per heavy atom. The van der Waals surface area contributed by atoms with E-state index in [2.05, 4.69) is 15.9 Å². The molecule has 0 N–H and O–H groups in total. The van der Waals surface area contributed by atoms with Crippen LogP contribution in [-0.2, 0) is 16.0 Å². The molecule has 0 amide bonds. The molecule has 0 aliphatic rings. The molecule has 16 heavy (non-hydrogen) atoms. The lowest BCUT2D eigenvalue weighted by Gasteiger charge is -2.26. The van der Waals surface area contributed by atoms with Crippen molar-refractivity contribution in [3.8, 4) is 0 Å². The number of rotatable bonds is 4. The molecule has 0 heterocycles. The Hall–Kier alpha value is -0.830. The molecule has 1 unspecified atom stereocenters. The molecule has 0 radical (unpaired) electrons. The first-order valence-electron chi connectivity index (χ1n) is 5.31. The highest BCUT2D eigenvalue weighted by Crippen LogP contribution is 2.18. The van der Waals surface area contributed by atoms with Crippen molar-refractivity contribution in [3.63, 3.8) is 0 Å². The van der Waals surface area contributed by atoms with Crippen molar-refractivity contribution in [2.45, 2.75) is 37.6 Å². The number of ether oxygens (including phenoxy) is 1. The third-order valence-corrected chi connectivity index (χ3v) is 2.55. The fourth-order valence-electron chi connectivity index (χ4n) is 1.48. The van der Waals surface area contributed by atoms with Gasteiger partial charge in [-0.15, -0.1) is 0 Å². The summed E-state index contributed by atoms with van der Waals surface area (Å²) in [5.74, 6) is -0.221. The van der Waals surface area contributed by atoms with Crippen LogP contribution in [-0.4, -0.2) is 16.4 Å². The highest BCUT2D eigenvalue weighted by molar-refractivity contribution is 9.10. The molecule has 1 aromatic carbocycles. The van der Waals surface area contributed by atoms with Crippen LogP contribution in [0.25, 0.3) is 0 Å². The minimum Gasteiger partial charge on any atom is -0.458 e. The van der Waals surface area contributed by atoms with Gasteiger partial charge in [0, 0.05) is 6.42 Å². The molecule has 0 spiro atoms. The van der Waals surface area contributed by atoms with Crippen LogP contribution >= 0.6 is 15.9 Å². The van der Waals surface area contributed by atoms with Gasteiger partial charge in [-0.25, -0.2) is 0 Å². The van der Waals surface area contributed by atoms with Gasteiger partial charge < -0.3 is 4.74 Å². The minimum absolute atomic E-state index is 0.221. The topological polar surface area (TPSA) is 26.3 Å². The zero-order valence-corrected chi connectivity index (χ0v) is 11.5. The number of esters is 1. The first-order valence-corrected chi connectivity index (χ1v) is 6.23. The largest absolute Gasteiger partial charge is 0.458 e. The normalized spacial score (nSPS) is 13.2. The maximum atomic E-state index is 11.5. The molecule has 1 atom stereocenters. The van der Waals surface area contributed by atoms with Crippen LogP contribution < -0.4 is 0 Å². The van der Waals surface area contributed by atoms with Gasteiger partial charge in [0.1, 0.15) is 10.4 Å². The predicted octanol–water partition coefficient (Wildman–Crippen LogP) is 3.33. The van der Waals surface area contributed by atoms with Gasteiger partial charge in [0.15, 0.2) is 0 Å². The van der Waals surface area contributed by atoms with Crippen LogP contribution in [0, 0.1) is 0 Å². The summed E-state index contributed by atoms with van der Waals surface area (Å²) in [5.41, 5.74) is 0.697. The van der Waals surface area contributed by atoms with Crippen molar-refractivity contribution in [2.75, 3.05) is 0 Å². The van der Waals surface area contributed by atoms with E-state index < -0.39 is 5.60 Å². The average molecular weight is 285 g/mol. The molecule has 3 heteroatoms. The molecule has 0 aromatic heterocycles. The first-order chi connectivity index (χ1) is 7.41. The van der Waals surface area contributed by atoms with E-state index in [1.54, 1.807) is 6.92 Å². The van der Waals surface area contributed by atoms with E-state index in [0.29, 0.717) is 0 Å². The van der Waals surface area contributed by atoms with Crippen molar-refractivity contribution in [2.24, 2.45) is 0 Å². The van der Waals surface area contributed by atoms with Crippen LogP contribution in [0.15, 0.2) is 30.3 Å². The SMILES string of the molecule is CC(Br)C(=O)OC(C)(C)Cc1ccccc1. The molecular formula is C13H17BrO2. The summed E-state index contributed by atoms with van der Waals surface area (Å²) in [6.07, 6.45) is 0.722. The van der Waals surface area contributed by atoms with E-state index >= 15 is 0 Å². The van der Waals surface area contributed by atoms with E-state index in [9.17, 15) is 4.79 Å². The Morgan fingerprint density at radius 1 is 1.38 bits per heavy atom. The van der Waals surface area contributed by atoms with Gasteiger partial charge in [-0.05, 0) is 26.3 Å². The third-order valence-electron chi connectivity index (χ3n) is 2.17. The number of carbonyl (C=O) groups excluding carboxylic acids is 1. The number of benzene rings is 1. The van der Waals surface area contributed by atoms with Gasteiger partial charge in [-0.1, -0.05) is 46.3 Å². The Labute approximate surface area is 105 Å². The maximum Gasteiger partial charge on any atom is 0.319 e. The average Bonchev–Trinajstić information content (AvgIpc) is 2.17. The summed E-state index contributed by atoms with van der Waals surface area (Å²) in [6.45, 7) is 5.61. The molecular weight excluding hydrogens is 268 g/mol. The molecule has 0 saturated heterocycles. The second kappa shape index (κ2) is 5.48. The highest BCUT2D eigenvalue weighted by Gasteiger charge is 2.25. The zero-order valence-electron chi connectivity index (χ0n) is 9.87. The first kappa shape index (κ1) is 13.2. The standard InChI is InChI=1S/C13H17BrO2/c1-10(14)12(15)16-13(2,3)9-11-7-5-4-6-8-11/h4-8,10H,9H2,1-3H3. The van der Waals surface area contributed by atoms with Gasteiger partial charge in [-0.2, -0.15) is 0 Å². The molecule has 1 aromatic rings. The molecule has 0 bridgehead atoms. The molecule has 0 saturated carbocycles. The Morgan fingerprint density at radius 2 is 1.94 bits per heavy atom. The Kier molecular flexibility index (Phi) is 4.54. The summed E-state index contributed by atoms with van der Waals surface area (Å²) in [7, 11) is 0. The number of hydrogen-bond acceptors (Lipinski definition) is 2. The molecule has 0 aliphatic carbocycles. The number of hydrogen-bond donors (Lipinski definition) is 0. The second-order valence-electron chi connectivity index (χ2n) is 4.46. The van der Waals surface area contributed by atoms with E-state index in [1.165, 1.54) is 5.56 Å². The van der Waals surface area contributed by atoms with Crippen LogP contribution in [0.3, 0.4) is 0 Å². The summed E-state index contributed by atoms with van der Waals surface area (Å²) < 4.78 is 5.42. The van der Waals surface area contributed by atoms with Crippen molar-refractivity contribution in [1.29, 1.82) is 0 Å². The van der Waals surface area contributed by atoms with Gasteiger partial charge in [0.05, 0.1) is 0 Å². The summed E-state index contributed by atoms with van der Waals surface area (Å²) in [4.78, 5) is 11.2. The van der Waals surface area contributed by atoms with E-state index in [4.69, 9.17) is 4.74 Å². The van der Waals surface area contributed by atoms with Gasteiger partial charge in [0.2, 0.25) is 0 Å². The number of halogens is 1. The van der Waals surface area contributed by atoms with Crippen LogP contribution in [0.4, 0.5) is 0 Å². The van der Waals surface area contributed by atoms with Crippen molar-refractivity contribution < 1.29 is 9.53 Å². The summed E-state index contributed by atoms with van der Waals surface area (Å²) in [6, 6.07) is 10.0. The monoisotopic (exact) mass is 284 g/mol. The van der Waals surface area contributed by atoms with E-state index in [1.807, 2.05) is 44.2 Å². The lowest BCUT2D eigenvalue weighted by molar-refractivity contribution is -0.155. The lowest BCUT2D eigenvalue weighted by Crippen LogP contribution is -2.33. The number of carbonyl (C=O) groups is 1. The zero-order chi connectivity index (χ0) is 12.2. The van der Waals surface area contributed by atoms with Gasteiger partial charge in [0.25, 0.3) is 0 Å². The molecule has 1 rings (SSSR count). The molecule has 2 nitrogen and oxygen atoms in total. The quantitative estimate of drug-likeness (QED) is 0.626. The van der Waals surface area contributed by atoms with Crippen LogP contribution in [0.2, 0.25) is 0 Å². The number of alkyl halides is 1. The molecule has 0 fully saturated rings. The Bertz CT molecular complexity index is 344. The van der Waals surface area contributed by atoms with E-state index in [0.717, 1.165) is 6.42 Å². The lowest BCUT2D eigenvalue weighted by atomic mass is 9.98. The van der Waals surface area contributed by atoms with Crippen molar-refractivity contribution in [1.82, 2.24) is 0 Å². The molecule has 0 aliphatic heterocycles. The second-order valence-corrected chi connectivity index (χ2v) is 5.83. The van der Waals surface area contributed by atoms with Crippen molar-refractivity contribution >= 4 is 21.9 Å². The van der Waals surface area contributed by atoms with Crippen LogP contribution in [0.5, 0.6) is 0 Å². The third kappa shape index (κ3) is 4.35. The fourth-order valence-corrected chi connectivity index (χ4v) is 1.57. The van der Waals surface area contributed by atoms with Gasteiger partial charge >= 0.3 is 5.97 Å². The van der Waals surface area contributed by atoms with Crippen molar-refractivity contribution in [3.05, 3.63) is 35.9 Å². The summed E-state index contributed by atoms with van der Waals surface area (Å²) >= 11 is 3.20. The van der Waals surface area contributed by atoms with E-state index in [-0.39, 0.29) is 10.8 Å². The smallest absolute Gasteiger partial charge is 0.319 e. The van der Waals surface area contributed by atoms with Gasteiger partial charge in [-0.3, -0.25) is 4.79 Å². The fraction of sp³-hybridized carbons (Fsp3) is 0.462. The minimum atomic E-state index is -0.472. The summed E-state index contributed by atoms with van der Waals surface area (Å²) in [5, 5.41) is 0. The van der Waals surface area contributed by atoms with Crippen LogP contribution in [0.1, 0.15) is 26.3 Å².